The summed E-state index contributed by atoms with van der Waals surface area (Å²) in [6, 6.07) is 6.90. The van der Waals surface area contributed by atoms with Crippen LogP contribution in [0, 0.1) is 5.82 Å². The second-order valence-electron chi connectivity index (χ2n) is 6.94. The summed E-state index contributed by atoms with van der Waals surface area (Å²) in [5, 5.41) is 16.3. The van der Waals surface area contributed by atoms with Gasteiger partial charge in [0.25, 0.3) is 5.91 Å². The van der Waals surface area contributed by atoms with E-state index in [1.165, 1.54) is 28.9 Å². The Hall–Kier alpha value is -2.70. The maximum absolute atomic E-state index is 13.0. The lowest BCUT2D eigenvalue weighted by Crippen LogP contribution is -2.32. The molecule has 0 aliphatic carbocycles. The Morgan fingerprint density at radius 3 is 2.36 bits per heavy atom. The van der Waals surface area contributed by atoms with Crippen LogP contribution in [0.5, 0.6) is 0 Å². The third-order valence-electron chi connectivity index (χ3n) is 3.92. The van der Waals surface area contributed by atoms with Crippen LogP contribution >= 0.6 is 0 Å². The molecular formula is C18H22FN3O3. The van der Waals surface area contributed by atoms with Crippen molar-refractivity contribution < 1.29 is 19.1 Å². The maximum Gasteiger partial charge on any atom is 0.312 e. The fourth-order valence-corrected chi connectivity index (χ4v) is 2.37. The van der Waals surface area contributed by atoms with Crippen molar-refractivity contribution in [3.63, 3.8) is 0 Å². The van der Waals surface area contributed by atoms with Gasteiger partial charge in [-0.2, -0.15) is 5.10 Å². The highest BCUT2D eigenvalue weighted by Gasteiger charge is 2.24. The van der Waals surface area contributed by atoms with Crippen LogP contribution in [0.4, 0.5) is 4.39 Å². The normalized spacial score (nSPS) is 12.7. The summed E-state index contributed by atoms with van der Waals surface area (Å²) in [5.74, 6) is -2.90. The number of nitrogens with one attached hydrogen (secondary N) is 1. The third kappa shape index (κ3) is 4.43. The highest BCUT2D eigenvalue weighted by Crippen LogP contribution is 2.21. The number of amides is 1. The number of rotatable bonds is 5. The van der Waals surface area contributed by atoms with Gasteiger partial charge >= 0.3 is 5.97 Å². The molecule has 0 aliphatic heterocycles. The van der Waals surface area contributed by atoms with Gasteiger partial charge in [0.1, 0.15) is 11.5 Å². The minimum Gasteiger partial charge on any atom is -0.481 e. The third-order valence-corrected chi connectivity index (χ3v) is 3.92. The van der Waals surface area contributed by atoms with E-state index in [1.54, 1.807) is 13.1 Å². The summed E-state index contributed by atoms with van der Waals surface area (Å²) in [4.78, 5) is 23.9. The number of carbonyl (C=O) groups excluding carboxylic acids is 1. The van der Waals surface area contributed by atoms with Crippen molar-refractivity contribution in [2.45, 2.75) is 32.1 Å². The van der Waals surface area contributed by atoms with Gasteiger partial charge in [-0.1, -0.05) is 32.9 Å². The van der Waals surface area contributed by atoms with E-state index in [-0.39, 0.29) is 12.0 Å². The van der Waals surface area contributed by atoms with Crippen LogP contribution in [0.15, 0.2) is 30.3 Å². The lowest BCUT2D eigenvalue weighted by Gasteiger charge is -2.14. The zero-order valence-corrected chi connectivity index (χ0v) is 14.7. The Bertz CT molecular complexity index is 776. The number of aromatic nitrogens is 2. The first-order valence-electron chi connectivity index (χ1n) is 7.90. The Kier molecular flexibility index (Phi) is 5.25. The van der Waals surface area contributed by atoms with Gasteiger partial charge in [-0.25, -0.2) is 4.39 Å². The van der Waals surface area contributed by atoms with E-state index in [9.17, 15) is 19.1 Å². The van der Waals surface area contributed by atoms with E-state index < -0.39 is 23.6 Å². The molecule has 134 valence electrons. The lowest BCUT2D eigenvalue weighted by molar-refractivity contribution is -0.138. The molecule has 1 atom stereocenters. The molecule has 2 aromatic rings. The number of carbonyl (C=O) groups is 2. The average molecular weight is 347 g/mol. The largest absolute Gasteiger partial charge is 0.481 e. The highest BCUT2D eigenvalue weighted by atomic mass is 19.1. The number of aryl methyl sites for hydroxylation is 1. The molecule has 6 nitrogen and oxygen atoms in total. The number of hydrogen-bond donors (Lipinski definition) is 2. The van der Waals surface area contributed by atoms with Crippen LogP contribution in [0.3, 0.4) is 0 Å². The molecule has 0 radical (unpaired) electrons. The molecule has 0 spiro atoms. The molecule has 0 saturated carbocycles. The summed E-state index contributed by atoms with van der Waals surface area (Å²) in [5.41, 5.74) is 1.35. The number of carboxylic acids is 1. The van der Waals surface area contributed by atoms with Crippen LogP contribution in [0.25, 0.3) is 0 Å². The van der Waals surface area contributed by atoms with Crippen molar-refractivity contribution in [1.82, 2.24) is 15.1 Å². The van der Waals surface area contributed by atoms with Gasteiger partial charge < -0.3 is 10.4 Å². The van der Waals surface area contributed by atoms with Crippen LogP contribution in [0.2, 0.25) is 0 Å². The van der Waals surface area contributed by atoms with Gasteiger partial charge in [-0.05, 0) is 23.8 Å². The molecule has 1 amide bonds. The SMILES string of the molecule is Cn1nc(C(C)(C)C)cc1C(=O)NCC(C(=O)O)c1ccc(F)cc1. The zero-order chi connectivity index (χ0) is 18.8. The van der Waals surface area contributed by atoms with Crippen LogP contribution in [-0.4, -0.2) is 33.3 Å². The van der Waals surface area contributed by atoms with E-state index in [0.717, 1.165) is 5.69 Å². The summed E-state index contributed by atoms with van der Waals surface area (Å²) in [6.45, 7) is 5.87. The van der Waals surface area contributed by atoms with Gasteiger partial charge in [-0.3, -0.25) is 14.3 Å². The number of nitrogens with zero attached hydrogens (tertiary/aromatic N) is 2. The highest BCUT2D eigenvalue weighted by molar-refractivity contribution is 5.93. The van der Waals surface area contributed by atoms with E-state index in [1.807, 2.05) is 20.8 Å². The number of carboxylic acid groups (broad SMARTS) is 1. The first-order chi connectivity index (χ1) is 11.6. The topological polar surface area (TPSA) is 84.2 Å². The van der Waals surface area contributed by atoms with Crippen molar-refractivity contribution in [2.24, 2.45) is 7.05 Å². The molecule has 1 heterocycles. The second-order valence-corrected chi connectivity index (χ2v) is 6.94. The summed E-state index contributed by atoms with van der Waals surface area (Å²) < 4.78 is 14.5. The van der Waals surface area contributed by atoms with Crippen LogP contribution in [-0.2, 0) is 17.3 Å². The molecule has 0 aliphatic rings. The molecule has 0 saturated heterocycles. The van der Waals surface area contributed by atoms with Gasteiger partial charge in [0.15, 0.2) is 0 Å². The number of halogens is 1. The van der Waals surface area contributed by atoms with Gasteiger partial charge in [-0.15, -0.1) is 0 Å². The van der Waals surface area contributed by atoms with Crippen LogP contribution < -0.4 is 5.32 Å². The molecule has 7 heteroatoms. The van der Waals surface area contributed by atoms with Crippen molar-refractivity contribution in [3.05, 3.63) is 53.1 Å². The van der Waals surface area contributed by atoms with Crippen LogP contribution in [0.1, 0.15) is 48.4 Å². The summed E-state index contributed by atoms with van der Waals surface area (Å²) in [7, 11) is 1.67. The molecule has 1 aromatic heterocycles. The predicted molar refractivity (Wildman–Crippen MR) is 91.0 cm³/mol. The quantitative estimate of drug-likeness (QED) is 0.870. The Balaban J connectivity index is 2.13. The van der Waals surface area contributed by atoms with Gasteiger partial charge in [0, 0.05) is 19.0 Å². The molecular weight excluding hydrogens is 325 g/mol. The summed E-state index contributed by atoms with van der Waals surface area (Å²) >= 11 is 0. The molecule has 0 fully saturated rings. The second kappa shape index (κ2) is 7.04. The van der Waals surface area contributed by atoms with E-state index in [2.05, 4.69) is 10.4 Å². The van der Waals surface area contributed by atoms with Crippen molar-refractivity contribution >= 4 is 11.9 Å². The fourth-order valence-electron chi connectivity index (χ4n) is 2.37. The van der Waals surface area contributed by atoms with E-state index >= 15 is 0 Å². The molecule has 0 bridgehead atoms. The van der Waals surface area contributed by atoms with E-state index in [0.29, 0.717) is 11.3 Å². The first kappa shape index (κ1) is 18.6. The number of benzene rings is 1. The van der Waals surface area contributed by atoms with Gasteiger partial charge in [0.05, 0.1) is 11.6 Å². The van der Waals surface area contributed by atoms with Crippen molar-refractivity contribution in [3.8, 4) is 0 Å². The summed E-state index contributed by atoms with van der Waals surface area (Å²) in [6.07, 6.45) is 0. The molecule has 2 N–H and O–H groups in total. The maximum atomic E-state index is 13.0. The van der Waals surface area contributed by atoms with Crippen molar-refractivity contribution in [2.75, 3.05) is 6.54 Å². The van der Waals surface area contributed by atoms with Gasteiger partial charge in [0.2, 0.25) is 0 Å². The predicted octanol–water partition coefficient (Wildman–Crippen LogP) is 2.45. The minimum atomic E-state index is -1.09. The first-order valence-corrected chi connectivity index (χ1v) is 7.90. The molecule has 25 heavy (non-hydrogen) atoms. The van der Waals surface area contributed by atoms with E-state index in [4.69, 9.17) is 0 Å². The number of hydrogen-bond acceptors (Lipinski definition) is 3. The Labute approximate surface area is 145 Å². The standard InChI is InChI=1S/C18H22FN3O3/c1-18(2,3)15-9-14(22(4)21-15)16(23)20-10-13(17(24)25)11-5-7-12(19)8-6-11/h5-9,13H,10H2,1-4H3,(H,20,23)(H,24,25). The number of aliphatic carboxylic acids is 1. The molecule has 2 rings (SSSR count). The van der Waals surface area contributed by atoms with Crippen molar-refractivity contribution in [1.29, 1.82) is 0 Å². The Morgan fingerprint density at radius 1 is 1.28 bits per heavy atom. The molecule has 1 aromatic carbocycles. The average Bonchev–Trinajstić information content (AvgIpc) is 2.91. The Morgan fingerprint density at radius 2 is 1.88 bits per heavy atom. The fraction of sp³-hybridized carbons (Fsp3) is 0.389. The molecule has 1 unspecified atom stereocenters. The zero-order valence-electron chi connectivity index (χ0n) is 14.7. The smallest absolute Gasteiger partial charge is 0.312 e. The monoisotopic (exact) mass is 347 g/mol. The minimum absolute atomic E-state index is 0.101. The lowest BCUT2D eigenvalue weighted by atomic mass is 9.92.